The molecule has 0 spiro atoms. The second-order valence-corrected chi connectivity index (χ2v) is 2.53. The number of rotatable bonds is 6. The van der Waals surface area contributed by atoms with Crippen LogP contribution in [0.4, 0.5) is 0 Å². The van der Waals surface area contributed by atoms with E-state index in [4.69, 9.17) is 10.8 Å². The molecule has 0 radical (unpaired) electrons. The fourth-order valence-corrected chi connectivity index (χ4v) is 0.750. The van der Waals surface area contributed by atoms with Gasteiger partial charge in [0.1, 0.15) is 0 Å². The van der Waals surface area contributed by atoms with Crippen LogP contribution in [-0.4, -0.2) is 30.8 Å². The summed E-state index contributed by atoms with van der Waals surface area (Å²) < 4.78 is 0. The minimum Gasteiger partial charge on any atom is -0.393 e. The van der Waals surface area contributed by atoms with E-state index in [1.165, 1.54) is 0 Å². The SMILES string of the molecule is CC(O)CCCNCCN. The molecule has 0 amide bonds. The summed E-state index contributed by atoms with van der Waals surface area (Å²) in [6.07, 6.45) is 1.73. The third-order valence-electron chi connectivity index (χ3n) is 1.30. The molecule has 0 fully saturated rings. The average Bonchev–Trinajstić information content (AvgIpc) is 1.87. The third kappa shape index (κ3) is 7.88. The van der Waals surface area contributed by atoms with Gasteiger partial charge in [0.05, 0.1) is 6.10 Å². The Labute approximate surface area is 62.6 Å². The summed E-state index contributed by atoms with van der Waals surface area (Å²) in [7, 11) is 0. The van der Waals surface area contributed by atoms with E-state index in [0.29, 0.717) is 6.54 Å². The van der Waals surface area contributed by atoms with E-state index in [-0.39, 0.29) is 6.10 Å². The van der Waals surface area contributed by atoms with Gasteiger partial charge in [-0.15, -0.1) is 0 Å². The van der Waals surface area contributed by atoms with E-state index in [9.17, 15) is 0 Å². The van der Waals surface area contributed by atoms with Crippen LogP contribution >= 0.6 is 0 Å². The second-order valence-electron chi connectivity index (χ2n) is 2.53. The first-order valence-corrected chi connectivity index (χ1v) is 3.86. The Hall–Kier alpha value is -0.120. The van der Waals surface area contributed by atoms with Crippen molar-refractivity contribution in [3.8, 4) is 0 Å². The van der Waals surface area contributed by atoms with Gasteiger partial charge in [0.2, 0.25) is 0 Å². The maximum Gasteiger partial charge on any atom is 0.0512 e. The predicted molar refractivity (Wildman–Crippen MR) is 42.8 cm³/mol. The highest BCUT2D eigenvalue weighted by molar-refractivity contribution is 4.51. The summed E-state index contributed by atoms with van der Waals surface area (Å²) in [6, 6.07) is 0. The molecule has 0 aliphatic rings. The molecule has 0 aromatic rings. The molecule has 0 saturated heterocycles. The Bertz CT molecular complexity index is 66.6. The van der Waals surface area contributed by atoms with Crippen LogP contribution in [0, 0.1) is 0 Å². The summed E-state index contributed by atoms with van der Waals surface area (Å²) in [5.74, 6) is 0. The Morgan fingerprint density at radius 3 is 2.70 bits per heavy atom. The maximum atomic E-state index is 8.86. The van der Waals surface area contributed by atoms with Crippen LogP contribution in [0.3, 0.4) is 0 Å². The molecule has 1 unspecified atom stereocenters. The van der Waals surface area contributed by atoms with Gasteiger partial charge in [0.25, 0.3) is 0 Å². The van der Waals surface area contributed by atoms with Gasteiger partial charge < -0.3 is 16.2 Å². The smallest absolute Gasteiger partial charge is 0.0512 e. The highest BCUT2D eigenvalue weighted by Gasteiger charge is 1.93. The Morgan fingerprint density at radius 1 is 1.50 bits per heavy atom. The summed E-state index contributed by atoms with van der Waals surface area (Å²) in [5, 5.41) is 12.0. The summed E-state index contributed by atoms with van der Waals surface area (Å²) >= 11 is 0. The molecule has 0 bridgehead atoms. The third-order valence-corrected chi connectivity index (χ3v) is 1.30. The topological polar surface area (TPSA) is 58.3 Å². The molecule has 3 heteroatoms. The van der Waals surface area contributed by atoms with Crippen molar-refractivity contribution < 1.29 is 5.11 Å². The largest absolute Gasteiger partial charge is 0.393 e. The molecule has 1 atom stereocenters. The van der Waals surface area contributed by atoms with Crippen LogP contribution in [0.2, 0.25) is 0 Å². The number of nitrogens with two attached hydrogens (primary N) is 1. The van der Waals surface area contributed by atoms with E-state index < -0.39 is 0 Å². The molecule has 0 rings (SSSR count). The number of aliphatic hydroxyl groups excluding tert-OH is 1. The maximum absolute atomic E-state index is 8.86. The molecule has 0 aliphatic carbocycles. The van der Waals surface area contributed by atoms with Crippen molar-refractivity contribution in [1.29, 1.82) is 0 Å². The molecule has 10 heavy (non-hydrogen) atoms. The average molecular weight is 146 g/mol. The molecule has 0 aromatic heterocycles. The number of hydrogen-bond acceptors (Lipinski definition) is 3. The standard InChI is InChI=1S/C7H18N2O/c1-7(10)3-2-5-9-6-4-8/h7,9-10H,2-6,8H2,1H3. The van der Waals surface area contributed by atoms with Crippen molar-refractivity contribution in [1.82, 2.24) is 5.32 Å². The van der Waals surface area contributed by atoms with Gasteiger partial charge in [-0.2, -0.15) is 0 Å². The normalized spacial score (nSPS) is 13.5. The van der Waals surface area contributed by atoms with E-state index in [1.807, 2.05) is 6.92 Å². The zero-order valence-corrected chi connectivity index (χ0v) is 6.64. The van der Waals surface area contributed by atoms with Crippen LogP contribution in [0.15, 0.2) is 0 Å². The van der Waals surface area contributed by atoms with Crippen LogP contribution in [-0.2, 0) is 0 Å². The number of nitrogens with one attached hydrogen (secondary N) is 1. The first-order valence-electron chi connectivity index (χ1n) is 3.86. The monoisotopic (exact) mass is 146 g/mol. The molecule has 0 saturated carbocycles. The van der Waals surface area contributed by atoms with Crippen molar-refractivity contribution in [2.75, 3.05) is 19.6 Å². The van der Waals surface area contributed by atoms with Crippen LogP contribution in [0.1, 0.15) is 19.8 Å². The first kappa shape index (κ1) is 9.88. The zero-order chi connectivity index (χ0) is 7.82. The molecule has 0 aromatic carbocycles. The van der Waals surface area contributed by atoms with Gasteiger partial charge in [-0.25, -0.2) is 0 Å². The van der Waals surface area contributed by atoms with Gasteiger partial charge in [-0.3, -0.25) is 0 Å². The van der Waals surface area contributed by atoms with E-state index in [0.717, 1.165) is 25.9 Å². The second kappa shape index (κ2) is 6.99. The fourth-order valence-electron chi connectivity index (χ4n) is 0.750. The lowest BCUT2D eigenvalue weighted by Crippen LogP contribution is -2.23. The molecule has 0 aliphatic heterocycles. The molecule has 62 valence electrons. The van der Waals surface area contributed by atoms with Crippen LogP contribution < -0.4 is 11.1 Å². The Kier molecular flexibility index (Phi) is 6.91. The molecular formula is C7H18N2O. The van der Waals surface area contributed by atoms with Crippen LogP contribution in [0.5, 0.6) is 0 Å². The highest BCUT2D eigenvalue weighted by Crippen LogP contribution is 1.92. The lowest BCUT2D eigenvalue weighted by atomic mass is 10.2. The molecular weight excluding hydrogens is 128 g/mol. The fraction of sp³-hybridized carbons (Fsp3) is 1.00. The van der Waals surface area contributed by atoms with Crippen molar-refractivity contribution in [3.63, 3.8) is 0 Å². The Morgan fingerprint density at radius 2 is 2.20 bits per heavy atom. The molecule has 4 N–H and O–H groups in total. The van der Waals surface area contributed by atoms with Crippen LogP contribution in [0.25, 0.3) is 0 Å². The number of aliphatic hydroxyl groups is 1. The highest BCUT2D eigenvalue weighted by atomic mass is 16.3. The lowest BCUT2D eigenvalue weighted by molar-refractivity contribution is 0.181. The summed E-state index contributed by atoms with van der Waals surface area (Å²) in [4.78, 5) is 0. The van der Waals surface area contributed by atoms with E-state index in [1.54, 1.807) is 0 Å². The Balaban J connectivity index is 2.77. The first-order chi connectivity index (χ1) is 4.77. The van der Waals surface area contributed by atoms with E-state index >= 15 is 0 Å². The van der Waals surface area contributed by atoms with Gasteiger partial charge in [0, 0.05) is 13.1 Å². The molecule has 0 heterocycles. The minimum absolute atomic E-state index is 0.167. The van der Waals surface area contributed by atoms with Gasteiger partial charge in [-0.1, -0.05) is 0 Å². The van der Waals surface area contributed by atoms with Gasteiger partial charge in [0.15, 0.2) is 0 Å². The molecule has 3 nitrogen and oxygen atoms in total. The van der Waals surface area contributed by atoms with Gasteiger partial charge >= 0.3 is 0 Å². The van der Waals surface area contributed by atoms with Crippen molar-refractivity contribution in [2.45, 2.75) is 25.9 Å². The van der Waals surface area contributed by atoms with Crippen molar-refractivity contribution in [3.05, 3.63) is 0 Å². The zero-order valence-electron chi connectivity index (χ0n) is 6.64. The lowest BCUT2D eigenvalue weighted by Gasteiger charge is -2.04. The van der Waals surface area contributed by atoms with E-state index in [2.05, 4.69) is 5.32 Å². The number of hydrogen-bond donors (Lipinski definition) is 3. The summed E-state index contributed by atoms with van der Waals surface area (Å²) in [6.45, 7) is 4.33. The predicted octanol–water partition coefficient (Wildman–Crippen LogP) is -0.304. The van der Waals surface area contributed by atoms with Crippen molar-refractivity contribution >= 4 is 0 Å². The van der Waals surface area contributed by atoms with Gasteiger partial charge in [-0.05, 0) is 26.3 Å². The quantitative estimate of drug-likeness (QED) is 0.451. The minimum atomic E-state index is -0.167. The summed E-state index contributed by atoms with van der Waals surface area (Å²) in [5.41, 5.74) is 5.26. The van der Waals surface area contributed by atoms with Crippen molar-refractivity contribution in [2.24, 2.45) is 5.73 Å².